The van der Waals surface area contributed by atoms with Crippen LogP contribution in [0.4, 0.5) is 5.69 Å². The summed E-state index contributed by atoms with van der Waals surface area (Å²) in [6.45, 7) is 3.60. The number of hydrogen-bond acceptors (Lipinski definition) is 5. The maximum Gasteiger partial charge on any atom is 0.340 e. The number of carbonyl (C=O) groups excluding carboxylic acids is 2. The van der Waals surface area contributed by atoms with Crippen LogP contribution >= 0.6 is 0 Å². The monoisotopic (exact) mass is 385 g/mol. The van der Waals surface area contributed by atoms with Crippen molar-refractivity contribution >= 4 is 17.6 Å². The van der Waals surface area contributed by atoms with Crippen LogP contribution in [-0.2, 0) is 4.74 Å². The SMILES string of the molecule is CCOC(=O)c1cc(-c2ccccc2)ccc1NC(=O)c1ccc(C#N)c(C)n1. The number of esters is 1. The number of pyridine rings is 1. The molecule has 3 aromatic rings. The lowest BCUT2D eigenvalue weighted by Gasteiger charge is -2.13. The van der Waals surface area contributed by atoms with Crippen molar-refractivity contribution in [2.45, 2.75) is 13.8 Å². The highest BCUT2D eigenvalue weighted by atomic mass is 16.5. The van der Waals surface area contributed by atoms with E-state index < -0.39 is 11.9 Å². The molecule has 1 aromatic heterocycles. The molecule has 2 aromatic carbocycles. The van der Waals surface area contributed by atoms with Crippen LogP contribution in [0.5, 0.6) is 0 Å². The molecule has 0 radical (unpaired) electrons. The molecule has 0 atom stereocenters. The van der Waals surface area contributed by atoms with Crippen molar-refractivity contribution in [3.8, 4) is 17.2 Å². The number of amides is 1. The van der Waals surface area contributed by atoms with Crippen molar-refractivity contribution in [1.82, 2.24) is 4.98 Å². The van der Waals surface area contributed by atoms with Crippen LogP contribution in [0.25, 0.3) is 11.1 Å². The Kier molecular flexibility index (Phi) is 6.00. The number of nitriles is 1. The summed E-state index contributed by atoms with van der Waals surface area (Å²) in [6, 6.07) is 19.8. The van der Waals surface area contributed by atoms with Gasteiger partial charge in [-0.3, -0.25) is 4.79 Å². The number of carbonyl (C=O) groups is 2. The molecule has 6 nitrogen and oxygen atoms in total. The second-order valence-electron chi connectivity index (χ2n) is 6.24. The molecule has 0 saturated carbocycles. The first kappa shape index (κ1) is 19.8. The van der Waals surface area contributed by atoms with Gasteiger partial charge < -0.3 is 10.1 Å². The number of nitrogens with zero attached hydrogens (tertiary/aromatic N) is 2. The minimum Gasteiger partial charge on any atom is -0.462 e. The Morgan fingerprint density at radius 3 is 2.48 bits per heavy atom. The topological polar surface area (TPSA) is 92.1 Å². The van der Waals surface area contributed by atoms with Crippen molar-refractivity contribution in [2.24, 2.45) is 0 Å². The largest absolute Gasteiger partial charge is 0.462 e. The summed E-state index contributed by atoms with van der Waals surface area (Å²) in [4.78, 5) is 29.3. The van der Waals surface area contributed by atoms with Crippen molar-refractivity contribution in [1.29, 1.82) is 5.26 Å². The lowest BCUT2D eigenvalue weighted by atomic mass is 10.0. The summed E-state index contributed by atoms with van der Waals surface area (Å²) in [5.41, 5.74) is 3.39. The van der Waals surface area contributed by atoms with Gasteiger partial charge in [0, 0.05) is 0 Å². The first-order valence-corrected chi connectivity index (χ1v) is 9.09. The number of anilines is 1. The molecule has 3 rings (SSSR count). The second-order valence-corrected chi connectivity index (χ2v) is 6.24. The Labute approximate surface area is 168 Å². The molecule has 1 N–H and O–H groups in total. The van der Waals surface area contributed by atoms with E-state index in [1.807, 2.05) is 42.5 Å². The van der Waals surface area contributed by atoms with E-state index in [9.17, 15) is 9.59 Å². The summed E-state index contributed by atoms with van der Waals surface area (Å²) in [5.74, 6) is -1.000. The van der Waals surface area contributed by atoms with E-state index in [4.69, 9.17) is 10.00 Å². The molecule has 0 unspecified atom stereocenters. The summed E-state index contributed by atoms with van der Waals surface area (Å²) in [6.07, 6.45) is 0. The van der Waals surface area contributed by atoms with E-state index >= 15 is 0 Å². The minimum atomic E-state index is -0.524. The highest BCUT2D eigenvalue weighted by Gasteiger charge is 2.18. The predicted octanol–water partition coefficient (Wildman–Crippen LogP) is 4.36. The van der Waals surface area contributed by atoms with Crippen LogP contribution in [-0.4, -0.2) is 23.5 Å². The maximum absolute atomic E-state index is 12.6. The summed E-state index contributed by atoms with van der Waals surface area (Å²) >= 11 is 0. The summed E-state index contributed by atoms with van der Waals surface area (Å²) in [7, 11) is 0. The first-order valence-electron chi connectivity index (χ1n) is 9.09. The summed E-state index contributed by atoms with van der Waals surface area (Å²) < 4.78 is 5.15. The fourth-order valence-electron chi connectivity index (χ4n) is 2.83. The number of ether oxygens (including phenoxy) is 1. The van der Waals surface area contributed by atoms with Gasteiger partial charge in [-0.15, -0.1) is 0 Å². The van der Waals surface area contributed by atoms with Crippen LogP contribution in [0.1, 0.15) is 39.0 Å². The van der Waals surface area contributed by atoms with Gasteiger partial charge in [-0.2, -0.15) is 5.26 Å². The maximum atomic E-state index is 12.6. The molecule has 0 bridgehead atoms. The van der Waals surface area contributed by atoms with E-state index in [1.54, 1.807) is 32.0 Å². The van der Waals surface area contributed by atoms with Crippen LogP contribution < -0.4 is 5.32 Å². The fraction of sp³-hybridized carbons (Fsp3) is 0.130. The number of rotatable bonds is 5. The second kappa shape index (κ2) is 8.81. The molecule has 0 fully saturated rings. The molecular formula is C23H19N3O3. The number of aryl methyl sites for hydroxylation is 1. The van der Waals surface area contributed by atoms with E-state index in [2.05, 4.69) is 10.3 Å². The van der Waals surface area contributed by atoms with Crippen LogP contribution in [0, 0.1) is 18.3 Å². The van der Waals surface area contributed by atoms with Crippen LogP contribution in [0.15, 0.2) is 60.7 Å². The van der Waals surface area contributed by atoms with E-state index in [0.717, 1.165) is 11.1 Å². The van der Waals surface area contributed by atoms with Crippen LogP contribution in [0.3, 0.4) is 0 Å². The third-order valence-electron chi connectivity index (χ3n) is 4.31. The van der Waals surface area contributed by atoms with E-state index in [-0.39, 0.29) is 17.9 Å². The zero-order valence-corrected chi connectivity index (χ0v) is 16.1. The molecule has 1 heterocycles. The Balaban J connectivity index is 1.95. The van der Waals surface area contributed by atoms with Gasteiger partial charge in [-0.1, -0.05) is 36.4 Å². The van der Waals surface area contributed by atoms with Gasteiger partial charge in [0.1, 0.15) is 11.8 Å². The highest BCUT2D eigenvalue weighted by molar-refractivity contribution is 6.07. The van der Waals surface area contributed by atoms with E-state index in [1.165, 1.54) is 6.07 Å². The molecule has 0 aliphatic carbocycles. The Morgan fingerprint density at radius 2 is 1.83 bits per heavy atom. The number of benzene rings is 2. The Hall–Kier alpha value is -3.98. The van der Waals surface area contributed by atoms with Gasteiger partial charge in [-0.05, 0) is 49.2 Å². The molecule has 6 heteroatoms. The average molecular weight is 385 g/mol. The molecular weight excluding hydrogens is 366 g/mol. The van der Waals surface area contributed by atoms with Gasteiger partial charge >= 0.3 is 5.97 Å². The van der Waals surface area contributed by atoms with Gasteiger partial charge in [0.15, 0.2) is 0 Å². The minimum absolute atomic E-state index is 0.156. The standard InChI is InChI=1S/C23H19N3O3/c1-3-29-23(28)19-13-17(16-7-5-4-6-8-16)9-11-20(19)26-22(27)21-12-10-18(14-24)15(2)25-21/h4-13H,3H2,1-2H3,(H,26,27). The third-order valence-corrected chi connectivity index (χ3v) is 4.31. The Morgan fingerprint density at radius 1 is 1.07 bits per heavy atom. The lowest BCUT2D eigenvalue weighted by molar-refractivity contribution is 0.0527. The van der Waals surface area contributed by atoms with E-state index in [0.29, 0.717) is 16.9 Å². The van der Waals surface area contributed by atoms with Crippen molar-refractivity contribution in [3.05, 3.63) is 83.2 Å². The van der Waals surface area contributed by atoms with Gasteiger partial charge in [0.25, 0.3) is 5.91 Å². The third kappa shape index (κ3) is 4.47. The predicted molar refractivity (Wildman–Crippen MR) is 109 cm³/mol. The Bertz CT molecular complexity index is 1100. The molecule has 144 valence electrons. The molecule has 0 spiro atoms. The molecule has 0 aliphatic rings. The molecule has 29 heavy (non-hydrogen) atoms. The van der Waals surface area contributed by atoms with Gasteiger partial charge in [-0.25, -0.2) is 9.78 Å². The normalized spacial score (nSPS) is 10.1. The molecule has 0 aliphatic heterocycles. The van der Waals surface area contributed by atoms with Gasteiger partial charge in [0.2, 0.25) is 0 Å². The van der Waals surface area contributed by atoms with Crippen molar-refractivity contribution in [3.63, 3.8) is 0 Å². The van der Waals surface area contributed by atoms with Crippen LogP contribution in [0.2, 0.25) is 0 Å². The van der Waals surface area contributed by atoms with Gasteiger partial charge in [0.05, 0.1) is 29.1 Å². The highest BCUT2D eigenvalue weighted by Crippen LogP contribution is 2.26. The average Bonchev–Trinajstić information content (AvgIpc) is 2.74. The zero-order valence-electron chi connectivity index (χ0n) is 16.1. The first-order chi connectivity index (χ1) is 14.0. The zero-order chi connectivity index (χ0) is 20.8. The van der Waals surface area contributed by atoms with Crippen molar-refractivity contribution in [2.75, 3.05) is 11.9 Å². The quantitative estimate of drug-likeness (QED) is 0.659. The van der Waals surface area contributed by atoms with Crippen molar-refractivity contribution < 1.29 is 14.3 Å². The number of hydrogen-bond donors (Lipinski definition) is 1. The molecule has 0 saturated heterocycles. The number of aromatic nitrogens is 1. The smallest absolute Gasteiger partial charge is 0.340 e. The molecule has 1 amide bonds. The lowest BCUT2D eigenvalue weighted by Crippen LogP contribution is -2.17. The summed E-state index contributed by atoms with van der Waals surface area (Å²) in [5, 5.41) is 11.7. The fourth-order valence-corrected chi connectivity index (χ4v) is 2.83. The number of nitrogens with one attached hydrogen (secondary N) is 1.